The second-order valence-electron chi connectivity index (χ2n) is 2.15. The van der Waals surface area contributed by atoms with E-state index < -0.39 is 24.9 Å². The number of anilines is 1. The van der Waals surface area contributed by atoms with Crippen LogP contribution in [-0.4, -0.2) is 35.1 Å². The Hall–Kier alpha value is -0.331. The zero-order chi connectivity index (χ0) is 11.1. The van der Waals surface area contributed by atoms with Crippen LogP contribution in [0, 0.1) is 0 Å². The Morgan fingerprint density at radius 2 is 1.93 bits per heavy atom. The van der Waals surface area contributed by atoms with Crippen LogP contribution in [0.4, 0.5) is 5.69 Å². The van der Waals surface area contributed by atoms with E-state index in [1.165, 1.54) is 18.2 Å². The van der Waals surface area contributed by atoms with E-state index in [0.717, 1.165) is 0 Å². The molecule has 76 valence electrons. The summed E-state index contributed by atoms with van der Waals surface area (Å²) in [5, 5.41) is 17.4. The molecule has 0 saturated heterocycles. The summed E-state index contributed by atoms with van der Waals surface area (Å²) >= 11 is -0.826. The third kappa shape index (κ3) is 4.78. The van der Waals surface area contributed by atoms with E-state index in [1.807, 2.05) is 0 Å². The molecule has 0 spiro atoms. The first-order chi connectivity index (χ1) is 6.52. The van der Waals surface area contributed by atoms with Crippen molar-refractivity contribution in [1.82, 2.24) is 0 Å². The fourth-order valence-corrected chi connectivity index (χ4v) is 0.688. The predicted octanol–water partition coefficient (Wildman–Crippen LogP) is 1.67. The average Bonchev–Trinajstić information content (AvgIpc) is 2.10. The standard InChI is InChI=1S/C7H7NO3.2ClH.Sn/c8-5-3-4(7(10)11)1-2-6(5)9;;;/h1-3,9H,8H2,(H,10,11);2*1H;/q;;;+2/p-2. The molecule has 0 aliphatic heterocycles. The van der Waals surface area contributed by atoms with E-state index in [-0.39, 0.29) is 17.0 Å². The predicted molar refractivity (Wildman–Crippen MR) is 56.9 cm³/mol. The molecule has 0 atom stereocenters. The van der Waals surface area contributed by atoms with Crippen molar-refractivity contribution in [2.24, 2.45) is 0 Å². The fraction of sp³-hybridized carbons (Fsp3) is 0. The van der Waals surface area contributed by atoms with E-state index in [0.29, 0.717) is 0 Å². The topological polar surface area (TPSA) is 83.6 Å². The zero-order valence-electron chi connectivity index (χ0n) is 6.87. The molecule has 4 N–H and O–H groups in total. The van der Waals surface area contributed by atoms with Gasteiger partial charge in [-0.3, -0.25) is 0 Å². The van der Waals surface area contributed by atoms with Gasteiger partial charge in [0, 0.05) is 0 Å². The summed E-state index contributed by atoms with van der Waals surface area (Å²) in [7, 11) is 9.87. The van der Waals surface area contributed by atoms with Crippen molar-refractivity contribution in [1.29, 1.82) is 0 Å². The number of carbonyl (C=O) groups is 1. The van der Waals surface area contributed by atoms with Gasteiger partial charge >= 0.3 is 42.7 Å². The Labute approximate surface area is 98.3 Å². The molecule has 0 fully saturated rings. The Morgan fingerprint density at radius 3 is 2.29 bits per heavy atom. The number of phenols is 1. The molecule has 0 aliphatic rings. The number of benzene rings is 1. The first kappa shape index (κ1) is 13.7. The van der Waals surface area contributed by atoms with Crippen LogP contribution in [0.1, 0.15) is 10.4 Å². The number of carboxylic acids is 1. The third-order valence-electron chi connectivity index (χ3n) is 1.27. The number of carboxylic acid groups (broad SMARTS) is 1. The SMILES string of the molecule is Nc1cc(C(=O)O)ccc1O.[Cl][Sn][Cl]. The molecule has 1 aromatic rings. The van der Waals surface area contributed by atoms with Gasteiger partial charge in [-0.05, 0) is 18.2 Å². The van der Waals surface area contributed by atoms with Crippen molar-refractivity contribution < 1.29 is 15.0 Å². The van der Waals surface area contributed by atoms with E-state index in [1.54, 1.807) is 0 Å². The number of hydrogen-bond donors (Lipinski definition) is 3. The normalized spacial score (nSPS) is 8.71. The Balaban J connectivity index is 0.000000500. The van der Waals surface area contributed by atoms with Gasteiger partial charge in [-0.25, -0.2) is 4.79 Å². The molecule has 2 radical (unpaired) electrons. The summed E-state index contributed by atoms with van der Waals surface area (Å²) in [6.07, 6.45) is 0. The summed E-state index contributed by atoms with van der Waals surface area (Å²) in [5.74, 6) is -1.16. The monoisotopic (exact) mass is 343 g/mol. The molecular formula is C7H7Cl2NO3Sn. The van der Waals surface area contributed by atoms with Crippen molar-refractivity contribution >= 4 is 48.4 Å². The summed E-state index contributed by atoms with van der Waals surface area (Å²) in [4.78, 5) is 10.3. The molecule has 0 bridgehead atoms. The number of halogens is 2. The van der Waals surface area contributed by atoms with Crippen LogP contribution in [0.15, 0.2) is 18.2 Å². The maximum absolute atomic E-state index is 10.3. The number of rotatable bonds is 1. The van der Waals surface area contributed by atoms with Crippen LogP contribution in [0.2, 0.25) is 0 Å². The number of aromatic carboxylic acids is 1. The van der Waals surface area contributed by atoms with Crippen LogP contribution < -0.4 is 5.73 Å². The first-order valence-electron chi connectivity index (χ1n) is 3.31. The van der Waals surface area contributed by atoms with Gasteiger partial charge in [0.2, 0.25) is 0 Å². The molecule has 0 unspecified atom stereocenters. The molecule has 0 aliphatic carbocycles. The van der Waals surface area contributed by atoms with E-state index in [9.17, 15) is 4.79 Å². The Morgan fingerprint density at radius 1 is 1.43 bits per heavy atom. The third-order valence-corrected chi connectivity index (χ3v) is 1.27. The van der Waals surface area contributed by atoms with Crippen molar-refractivity contribution in [3.8, 4) is 5.75 Å². The van der Waals surface area contributed by atoms with E-state index in [4.69, 9.17) is 33.8 Å². The summed E-state index contributed by atoms with van der Waals surface area (Å²) in [6.45, 7) is 0. The minimum atomic E-state index is -1.06. The Bertz CT molecular complexity index is 322. The van der Waals surface area contributed by atoms with Gasteiger partial charge in [-0.15, -0.1) is 0 Å². The molecular weight excluding hydrogens is 336 g/mol. The maximum atomic E-state index is 10.3. The van der Waals surface area contributed by atoms with E-state index >= 15 is 0 Å². The molecule has 1 aromatic carbocycles. The van der Waals surface area contributed by atoms with Crippen LogP contribution in [-0.2, 0) is 0 Å². The molecule has 0 heterocycles. The number of hydrogen-bond acceptors (Lipinski definition) is 3. The minimum absolute atomic E-state index is 0.0697. The Kier molecular flexibility index (Phi) is 6.86. The van der Waals surface area contributed by atoms with Gasteiger partial charge in [0.1, 0.15) is 5.75 Å². The second kappa shape index (κ2) is 7.03. The number of aromatic hydroxyl groups is 1. The van der Waals surface area contributed by atoms with Crippen LogP contribution in [0.5, 0.6) is 5.75 Å². The summed E-state index contributed by atoms with van der Waals surface area (Å²) < 4.78 is 0. The molecule has 7 heteroatoms. The summed E-state index contributed by atoms with van der Waals surface area (Å²) in [5.41, 5.74) is 5.39. The van der Waals surface area contributed by atoms with Gasteiger partial charge in [-0.1, -0.05) is 0 Å². The first-order valence-corrected chi connectivity index (χ1v) is 10.5. The number of nitrogen functional groups attached to an aromatic ring is 1. The molecule has 0 aromatic heterocycles. The van der Waals surface area contributed by atoms with Gasteiger partial charge in [0.05, 0.1) is 11.3 Å². The number of phenolic OH excluding ortho intramolecular Hbond substituents is 1. The average molecular weight is 343 g/mol. The van der Waals surface area contributed by atoms with Gasteiger partial charge in [0.25, 0.3) is 0 Å². The molecule has 1 rings (SSSR count). The van der Waals surface area contributed by atoms with Gasteiger partial charge in [0.15, 0.2) is 0 Å². The quantitative estimate of drug-likeness (QED) is 0.412. The van der Waals surface area contributed by atoms with Crippen molar-refractivity contribution in [3.63, 3.8) is 0 Å². The van der Waals surface area contributed by atoms with Gasteiger partial charge in [-0.2, -0.15) is 0 Å². The van der Waals surface area contributed by atoms with Crippen LogP contribution in [0.3, 0.4) is 0 Å². The van der Waals surface area contributed by atoms with Crippen LogP contribution >= 0.6 is 17.8 Å². The van der Waals surface area contributed by atoms with Crippen molar-refractivity contribution in [2.75, 3.05) is 5.73 Å². The van der Waals surface area contributed by atoms with E-state index in [2.05, 4.69) is 0 Å². The molecule has 0 saturated carbocycles. The number of nitrogens with two attached hydrogens (primary N) is 1. The van der Waals surface area contributed by atoms with Gasteiger partial charge < -0.3 is 15.9 Å². The van der Waals surface area contributed by atoms with Crippen molar-refractivity contribution in [3.05, 3.63) is 23.8 Å². The zero-order valence-corrected chi connectivity index (χ0v) is 11.2. The molecule has 4 nitrogen and oxygen atoms in total. The fourth-order valence-electron chi connectivity index (χ4n) is 0.688. The molecule has 14 heavy (non-hydrogen) atoms. The summed E-state index contributed by atoms with van der Waals surface area (Å²) in [6, 6.07) is 3.74. The second-order valence-corrected chi connectivity index (χ2v) is 6.39. The van der Waals surface area contributed by atoms with Crippen molar-refractivity contribution in [2.45, 2.75) is 0 Å². The molecule has 0 amide bonds. The van der Waals surface area contributed by atoms with Crippen LogP contribution in [0.25, 0.3) is 0 Å².